The number of ether oxygens (including phenoxy) is 1. The number of aromatic nitrogens is 2. The summed E-state index contributed by atoms with van der Waals surface area (Å²) < 4.78 is 58.2. The summed E-state index contributed by atoms with van der Waals surface area (Å²) in [7, 11) is -4.60. The Labute approximate surface area is 250 Å². The van der Waals surface area contributed by atoms with Gasteiger partial charge in [0, 0.05) is 18.4 Å². The van der Waals surface area contributed by atoms with Crippen LogP contribution in [0, 0.1) is 6.92 Å². The van der Waals surface area contributed by atoms with E-state index in [0.29, 0.717) is 22.7 Å². The van der Waals surface area contributed by atoms with Crippen LogP contribution in [0.3, 0.4) is 0 Å². The van der Waals surface area contributed by atoms with Gasteiger partial charge in [0.15, 0.2) is 5.82 Å². The molecule has 2 heterocycles. The number of hydrogen-bond acceptors (Lipinski definition) is 10. The van der Waals surface area contributed by atoms with Crippen LogP contribution in [-0.2, 0) is 28.0 Å². The Morgan fingerprint density at radius 2 is 1.82 bits per heavy atom. The summed E-state index contributed by atoms with van der Waals surface area (Å²) in [6, 6.07) is 6.55. The van der Waals surface area contributed by atoms with Crippen LogP contribution < -0.4 is 24.9 Å². The molecule has 220 valence electrons. The van der Waals surface area contributed by atoms with Crippen LogP contribution in [0.1, 0.15) is 16.7 Å². The molecule has 10 nitrogen and oxygen atoms in total. The van der Waals surface area contributed by atoms with E-state index in [1.165, 1.54) is 42.8 Å². The minimum Gasteiger partial charge on any atom is -0.495 e. The molecule has 40 heavy (non-hydrogen) atoms. The third kappa shape index (κ3) is 8.11. The quantitative estimate of drug-likeness (QED) is 0.234. The van der Waals surface area contributed by atoms with E-state index in [1.807, 2.05) is 12.1 Å². The number of likely N-dealkylation sites (N-methyl/N-ethyl adjacent to an activating group) is 1. The average molecular weight is 657 g/mol. The molecule has 16 heteroatoms. The lowest BCUT2D eigenvalue weighted by atomic mass is 9.99. The second kappa shape index (κ2) is 13.1. The van der Waals surface area contributed by atoms with Crippen molar-refractivity contribution in [3.8, 4) is 11.5 Å². The van der Waals surface area contributed by atoms with Crippen LogP contribution in [-0.4, -0.2) is 57.3 Å². The van der Waals surface area contributed by atoms with Crippen LogP contribution in [0.4, 0.5) is 27.0 Å². The third-order valence-corrected chi connectivity index (χ3v) is 8.20. The molecule has 0 bridgehead atoms. The van der Waals surface area contributed by atoms with Gasteiger partial charge in [-0.05, 0) is 74.7 Å². The van der Waals surface area contributed by atoms with Gasteiger partial charge in [-0.1, -0.05) is 15.5 Å². The van der Waals surface area contributed by atoms with Crippen molar-refractivity contribution in [2.75, 3.05) is 44.7 Å². The van der Waals surface area contributed by atoms with Crippen LogP contribution in [0.25, 0.3) is 0 Å². The fraction of sp³-hybridized carbons (Fsp3) is 0.333. The summed E-state index contributed by atoms with van der Waals surface area (Å²) in [6.45, 7) is 6.40. The Kier molecular flexibility index (Phi) is 11.1. The Morgan fingerprint density at radius 1 is 1.12 bits per heavy atom. The molecule has 0 radical (unpaired) electrons. The minimum absolute atomic E-state index is 0. The molecule has 4 rings (SSSR count). The summed E-state index contributed by atoms with van der Waals surface area (Å²) in [6.07, 6.45) is 2.34. The van der Waals surface area contributed by atoms with E-state index in [0.717, 1.165) is 19.5 Å². The van der Waals surface area contributed by atoms with Gasteiger partial charge < -0.3 is 29.0 Å². The molecular weight excluding hydrogens is 627 g/mol. The van der Waals surface area contributed by atoms with Gasteiger partial charge in [-0.25, -0.2) is 4.98 Å². The fourth-order valence-electron chi connectivity index (χ4n) is 4.23. The number of nitrogens with zero attached hydrogens (tertiary/aromatic N) is 3. The molecule has 0 saturated carbocycles. The molecule has 2 aromatic carbocycles. The number of fused-ring (bicyclic) bond motifs is 1. The van der Waals surface area contributed by atoms with Crippen LogP contribution in [0.5, 0.6) is 11.5 Å². The van der Waals surface area contributed by atoms with Crippen molar-refractivity contribution in [3.05, 3.63) is 52.2 Å². The fourth-order valence-corrected chi connectivity index (χ4v) is 5.91. The number of rotatable bonds is 8. The maximum Gasteiger partial charge on any atom is 0.488 e. The molecule has 0 atom stereocenters. The molecule has 0 unspecified atom stereocenters. The zero-order chi connectivity index (χ0) is 27.8. The summed E-state index contributed by atoms with van der Waals surface area (Å²) in [4.78, 5) is 11.0. The first-order valence-corrected chi connectivity index (χ1v) is 15.8. The van der Waals surface area contributed by atoms with Crippen molar-refractivity contribution in [1.82, 2.24) is 14.9 Å². The number of anilines is 4. The standard InChI is InChI=1S/C24H28ClFN5O5PS.2ClH/c1-14-8-17(36-38(26,33)34)11-21(37(4,5)32)22(14)29-23-18(25)12-27-24(30-23)28-19-9-16-13-31(2)7-6-15(16)10-20(19)35-3;;/h8-12H,6-7,13H2,1-5H3,(H2,27,28,29,30);2*1H. The first-order chi connectivity index (χ1) is 17.7. The molecule has 1 aliphatic heterocycles. The molecule has 0 spiro atoms. The smallest absolute Gasteiger partial charge is 0.488 e. The molecule has 2 N–H and O–H groups in total. The van der Waals surface area contributed by atoms with E-state index in [9.17, 15) is 16.9 Å². The van der Waals surface area contributed by atoms with Gasteiger partial charge in [0.1, 0.15) is 23.7 Å². The van der Waals surface area contributed by atoms with Crippen molar-refractivity contribution in [3.63, 3.8) is 0 Å². The van der Waals surface area contributed by atoms with Gasteiger partial charge in [0.2, 0.25) is 5.95 Å². The van der Waals surface area contributed by atoms with Crippen LogP contribution in [0.15, 0.2) is 30.5 Å². The molecule has 0 fully saturated rings. The summed E-state index contributed by atoms with van der Waals surface area (Å²) in [5.74, 6) is 0.801. The van der Waals surface area contributed by atoms with E-state index >= 15 is 0 Å². The SMILES string of the molecule is COc1cc2c(cc1Nc1ncc(Cl)c(Nc3c(C)cc(OS(=O)(=O)F)cc3P(C)(C)=O)n1)CN(C)CC2.Cl.Cl. The predicted octanol–water partition coefficient (Wildman–Crippen LogP) is 5.61. The maximum atomic E-state index is 13.1. The monoisotopic (exact) mass is 655 g/mol. The second-order valence-corrected chi connectivity index (χ2v) is 14.0. The third-order valence-electron chi connectivity index (χ3n) is 6.02. The summed E-state index contributed by atoms with van der Waals surface area (Å²) in [5, 5.41) is 6.70. The Morgan fingerprint density at radius 3 is 2.45 bits per heavy atom. The van der Waals surface area contributed by atoms with Gasteiger partial charge in [-0.3, -0.25) is 0 Å². The molecule has 0 amide bonds. The molecule has 1 aliphatic rings. The number of hydrogen-bond donors (Lipinski definition) is 2. The summed E-state index contributed by atoms with van der Waals surface area (Å²) >= 11 is 6.39. The Bertz CT molecular complexity index is 1560. The topological polar surface area (TPSA) is 123 Å². The van der Waals surface area contributed by atoms with Crippen molar-refractivity contribution in [1.29, 1.82) is 0 Å². The van der Waals surface area contributed by atoms with E-state index in [4.69, 9.17) is 16.3 Å². The maximum absolute atomic E-state index is 13.1. The van der Waals surface area contributed by atoms with Crippen molar-refractivity contribution >= 4 is 82.5 Å². The second-order valence-electron chi connectivity index (χ2n) is 9.41. The highest BCUT2D eigenvalue weighted by atomic mass is 35.5. The van der Waals surface area contributed by atoms with E-state index in [1.54, 1.807) is 14.0 Å². The predicted molar refractivity (Wildman–Crippen MR) is 162 cm³/mol. The van der Waals surface area contributed by atoms with Crippen LogP contribution in [0.2, 0.25) is 5.02 Å². The highest BCUT2D eigenvalue weighted by Crippen LogP contribution is 2.42. The first-order valence-electron chi connectivity index (χ1n) is 11.5. The van der Waals surface area contributed by atoms with E-state index < -0.39 is 17.6 Å². The van der Waals surface area contributed by atoms with E-state index in [2.05, 4.69) is 36.7 Å². The van der Waals surface area contributed by atoms with Crippen molar-refractivity contribution in [2.45, 2.75) is 19.9 Å². The number of halogens is 4. The minimum atomic E-state index is -5.26. The first kappa shape index (κ1) is 33.9. The highest BCUT2D eigenvalue weighted by molar-refractivity contribution is 7.81. The van der Waals surface area contributed by atoms with Crippen molar-refractivity contribution < 1.29 is 25.8 Å². The largest absolute Gasteiger partial charge is 0.495 e. The molecule has 0 aliphatic carbocycles. The lowest BCUT2D eigenvalue weighted by molar-refractivity contribution is 0.312. The van der Waals surface area contributed by atoms with Gasteiger partial charge in [0.25, 0.3) is 0 Å². The van der Waals surface area contributed by atoms with Gasteiger partial charge in [-0.2, -0.15) is 13.4 Å². The normalized spacial score (nSPS) is 13.4. The van der Waals surface area contributed by atoms with Gasteiger partial charge >= 0.3 is 10.5 Å². The molecule has 0 saturated heterocycles. The van der Waals surface area contributed by atoms with Gasteiger partial charge in [0.05, 0.1) is 24.7 Å². The van der Waals surface area contributed by atoms with E-state index in [-0.39, 0.29) is 52.7 Å². The number of aryl methyl sites for hydroxylation is 1. The number of benzene rings is 2. The lowest BCUT2D eigenvalue weighted by Crippen LogP contribution is -2.26. The number of methoxy groups -OCH3 is 1. The molecule has 1 aromatic heterocycles. The van der Waals surface area contributed by atoms with Crippen molar-refractivity contribution in [2.24, 2.45) is 0 Å². The Hall–Kier alpha value is -2.34. The summed E-state index contributed by atoms with van der Waals surface area (Å²) in [5.41, 5.74) is 3.91. The van der Waals surface area contributed by atoms with Crippen LogP contribution >= 0.6 is 43.6 Å². The number of nitrogens with one attached hydrogen (secondary N) is 2. The average Bonchev–Trinajstić information content (AvgIpc) is 2.80. The molecular formula is C24H30Cl3FN5O5PS. The highest BCUT2D eigenvalue weighted by Gasteiger charge is 2.23. The molecule has 3 aromatic rings. The lowest BCUT2D eigenvalue weighted by Gasteiger charge is -2.26. The zero-order valence-electron chi connectivity index (χ0n) is 22.3. The zero-order valence-corrected chi connectivity index (χ0v) is 26.4. The van der Waals surface area contributed by atoms with Gasteiger partial charge in [-0.15, -0.1) is 24.8 Å². The Balaban J connectivity index is 0.00000280.